The predicted octanol–water partition coefficient (Wildman–Crippen LogP) is 3.02. The maximum atomic E-state index is 3.68. The van der Waals surface area contributed by atoms with Gasteiger partial charge in [-0.15, -0.1) is 0 Å². The molecule has 1 nitrogen and oxygen atoms in total. The van der Waals surface area contributed by atoms with Gasteiger partial charge in [0.2, 0.25) is 0 Å². The van der Waals surface area contributed by atoms with Crippen LogP contribution in [0.2, 0.25) is 0 Å². The van der Waals surface area contributed by atoms with Gasteiger partial charge in [0.05, 0.1) is 0 Å². The molecule has 0 aliphatic carbocycles. The van der Waals surface area contributed by atoms with Crippen molar-refractivity contribution in [1.29, 1.82) is 0 Å². The summed E-state index contributed by atoms with van der Waals surface area (Å²) in [4.78, 5) is 0. The molecule has 0 spiro atoms. The van der Waals surface area contributed by atoms with Gasteiger partial charge in [-0.1, -0.05) is 24.3 Å². The van der Waals surface area contributed by atoms with E-state index in [9.17, 15) is 0 Å². The van der Waals surface area contributed by atoms with Gasteiger partial charge in [-0.05, 0) is 49.6 Å². The quantitative estimate of drug-likeness (QED) is 0.861. The first-order valence-corrected chi connectivity index (χ1v) is 7.37. The summed E-state index contributed by atoms with van der Waals surface area (Å²) in [7, 11) is 0. The molecule has 1 unspecified atom stereocenters. The van der Waals surface area contributed by atoms with Crippen molar-refractivity contribution in [3.63, 3.8) is 0 Å². The van der Waals surface area contributed by atoms with E-state index in [1.807, 2.05) is 0 Å². The summed E-state index contributed by atoms with van der Waals surface area (Å²) in [6, 6.07) is 9.45. The Kier molecular flexibility index (Phi) is 4.73. The molecule has 1 atom stereocenters. The fraction of sp³-hybridized carbons (Fsp3) is 0.571. The van der Waals surface area contributed by atoms with Crippen LogP contribution in [0.3, 0.4) is 0 Å². The van der Waals surface area contributed by atoms with E-state index in [2.05, 4.69) is 48.3 Å². The van der Waals surface area contributed by atoms with E-state index < -0.39 is 0 Å². The van der Waals surface area contributed by atoms with Crippen LogP contribution in [0.15, 0.2) is 24.3 Å². The third-order valence-electron chi connectivity index (χ3n) is 3.25. The molecule has 1 aromatic rings. The fourth-order valence-corrected chi connectivity index (χ4v) is 3.31. The van der Waals surface area contributed by atoms with Gasteiger partial charge in [0.15, 0.2) is 0 Å². The molecule has 2 heteroatoms. The van der Waals surface area contributed by atoms with Crippen molar-refractivity contribution in [3.05, 3.63) is 35.4 Å². The Balaban J connectivity index is 1.73. The van der Waals surface area contributed by atoms with Gasteiger partial charge in [0.1, 0.15) is 0 Å². The summed E-state index contributed by atoms with van der Waals surface area (Å²) in [5.41, 5.74) is 2.90. The molecule has 1 heterocycles. The molecule has 1 N–H and O–H groups in total. The second-order valence-electron chi connectivity index (χ2n) is 4.54. The van der Waals surface area contributed by atoms with Crippen LogP contribution >= 0.6 is 11.8 Å². The Bertz CT molecular complexity index is 318. The van der Waals surface area contributed by atoms with Gasteiger partial charge in [-0.25, -0.2) is 0 Å². The first kappa shape index (κ1) is 12.0. The zero-order chi connectivity index (χ0) is 11.2. The summed E-state index contributed by atoms with van der Waals surface area (Å²) >= 11 is 2.09. The van der Waals surface area contributed by atoms with Gasteiger partial charge >= 0.3 is 0 Å². The topological polar surface area (TPSA) is 12.0 Å². The number of aryl methyl sites for hydroxylation is 1. The van der Waals surface area contributed by atoms with Crippen molar-refractivity contribution >= 4 is 11.8 Å². The van der Waals surface area contributed by atoms with Crippen LogP contribution in [-0.2, 0) is 6.42 Å². The van der Waals surface area contributed by atoms with Gasteiger partial charge in [-0.2, -0.15) is 11.8 Å². The number of hydrogen-bond acceptors (Lipinski definition) is 2. The molecule has 88 valence electrons. The van der Waals surface area contributed by atoms with Crippen LogP contribution in [-0.4, -0.2) is 24.1 Å². The molecule has 1 aliphatic heterocycles. The zero-order valence-corrected chi connectivity index (χ0v) is 10.9. The number of rotatable bonds is 4. The molecule has 1 aliphatic rings. The van der Waals surface area contributed by atoms with E-state index in [0.717, 1.165) is 19.0 Å². The standard InChI is InChI=1S/C14H21NS/c1-12-5-2-3-6-13(12)8-9-15-14-7-4-10-16-11-14/h2-3,5-6,14-15H,4,7-11H2,1H3. The van der Waals surface area contributed by atoms with Crippen LogP contribution in [0, 0.1) is 6.92 Å². The fourth-order valence-electron chi connectivity index (χ4n) is 2.20. The maximum Gasteiger partial charge on any atom is 0.0158 e. The van der Waals surface area contributed by atoms with Gasteiger partial charge in [0.25, 0.3) is 0 Å². The molecule has 0 aromatic heterocycles. The van der Waals surface area contributed by atoms with Crippen molar-refractivity contribution in [2.24, 2.45) is 0 Å². The Labute approximate surface area is 103 Å². The lowest BCUT2D eigenvalue weighted by atomic mass is 10.1. The van der Waals surface area contributed by atoms with Gasteiger partial charge < -0.3 is 5.32 Å². The minimum absolute atomic E-state index is 0.753. The van der Waals surface area contributed by atoms with Crippen molar-refractivity contribution < 1.29 is 0 Å². The lowest BCUT2D eigenvalue weighted by molar-refractivity contribution is 0.511. The molecule has 0 bridgehead atoms. The van der Waals surface area contributed by atoms with E-state index in [4.69, 9.17) is 0 Å². The molecule has 1 fully saturated rings. The molecule has 0 saturated carbocycles. The molecular formula is C14H21NS. The Hall–Kier alpha value is -0.470. The zero-order valence-electron chi connectivity index (χ0n) is 10.0. The van der Waals surface area contributed by atoms with E-state index in [1.54, 1.807) is 0 Å². The molecule has 0 amide bonds. The Morgan fingerprint density at radius 2 is 2.25 bits per heavy atom. The van der Waals surface area contributed by atoms with E-state index >= 15 is 0 Å². The maximum absolute atomic E-state index is 3.68. The first-order chi connectivity index (χ1) is 7.86. The summed E-state index contributed by atoms with van der Waals surface area (Å²) in [5.74, 6) is 2.66. The highest BCUT2D eigenvalue weighted by molar-refractivity contribution is 7.99. The third kappa shape index (κ3) is 3.53. The van der Waals surface area contributed by atoms with Crippen molar-refractivity contribution in [2.45, 2.75) is 32.2 Å². The Morgan fingerprint density at radius 3 is 3.00 bits per heavy atom. The monoisotopic (exact) mass is 235 g/mol. The average Bonchev–Trinajstić information content (AvgIpc) is 2.33. The lowest BCUT2D eigenvalue weighted by Crippen LogP contribution is -2.35. The molecular weight excluding hydrogens is 214 g/mol. The number of benzene rings is 1. The smallest absolute Gasteiger partial charge is 0.0158 e. The highest BCUT2D eigenvalue weighted by Gasteiger charge is 2.12. The second kappa shape index (κ2) is 6.31. The van der Waals surface area contributed by atoms with Crippen molar-refractivity contribution in [3.8, 4) is 0 Å². The van der Waals surface area contributed by atoms with Gasteiger partial charge in [-0.3, -0.25) is 0 Å². The van der Waals surface area contributed by atoms with Crippen LogP contribution in [0.5, 0.6) is 0 Å². The summed E-state index contributed by atoms with van der Waals surface area (Å²) in [5, 5.41) is 3.68. The van der Waals surface area contributed by atoms with E-state index in [1.165, 1.54) is 35.5 Å². The number of thioether (sulfide) groups is 1. The van der Waals surface area contributed by atoms with Crippen molar-refractivity contribution in [1.82, 2.24) is 5.32 Å². The van der Waals surface area contributed by atoms with Crippen LogP contribution < -0.4 is 5.32 Å². The highest BCUT2D eigenvalue weighted by atomic mass is 32.2. The molecule has 0 radical (unpaired) electrons. The molecule has 1 saturated heterocycles. The first-order valence-electron chi connectivity index (χ1n) is 6.22. The molecule has 16 heavy (non-hydrogen) atoms. The summed E-state index contributed by atoms with van der Waals surface area (Å²) in [6.07, 6.45) is 3.90. The van der Waals surface area contributed by atoms with Crippen LogP contribution in [0.4, 0.5) is 0 Å². The normalized spacial score (nSPS) is 20.9. The SMILES string of the molecule is Cc1ccccc1CCNC1CCCSC1. The van der Waals surface area contributed by atoms with Crippen molar-refractivity contribution in [2.75, 3.05) is 18.1 Å². The molecule has 2 rings (SSSR count). The van der Waals surface area contributed by atoms with Crippen LogP contribution in [0.1, 0.15) is 24.0 Å². The minimum atomic E-state index is 0.753. The third-order valence-corrected chi connectivity index (χ3v) is 4.46. The largest absolute Gasteiger partial charge is 0.313 e. The van der Waals surface area contributed by atoms with Crippen LogP contribution in [0.25, 0.3) is 0 Å². The molecule has 1 aromatic carbocycles. The van der Waals surface area contributed by atoms with E-state index in [-0.39, 0.29) is 0 Å². The highest BCUT2D eigenvalue weighted by Crippen LogP contribution is 2.16. The van der Waals surface area contributed by atoms with Gasteiger partial charge in [0, 0.05) is 11.8 Å². The number of nitrogens with one attached hydrogen (secondary N) is 1. The average molecular weight is 235 g/mol. The lowest BCUT2D eigenvalue weighted by Gasteiger charge is -2.22. The number of hydrogen-bond donors (Lipinski definition) is 1. The predicted molar refractivity (Wildman–Crippen MR) is 73.2 cm³/mol. The van der Waals surface area contributed by atoms with E-state index in [0.29, 0.717) is 0 Å². The second-order valence-corrected chi connectivity index (χ2v) is 5.69. The summed E-state index contributed by atoms with van der Waals surface area (Å²) in [6.45, 7) is 3.32. The minimum Gasteiger partial charge on any atom is -0.313 e. The Morgan fingerprint density at radius 1 is 1.38 bits per heavy atom. The summed E-state index contributed by atoms with van der Waals surface area (Å²) < 4.78 is 0.